The fraction of sp³-hybridized carbons (Fsp3) is 0.600. The van der Waals surface area contributed by atoms with Crippen LogP contribution < -0.4 is 11.3 Å². The molecule has 0 aliphatic rings. The molecule has 5 heteroatoms. The largest absolute Gasteiger partial charge is 0.385 e. The van der Waals surface area contributed by atoms with Crippen LogP contribution >= 0.6 is 27.3 Å². The van der Waals surface area contributed by atoms with E-state index in [4.69, 9.17) is 10.6 Å². The van der Waals surface area contributed by atoms with Gasteiger partial charge in [-0.1, -0.05) is 0 Å². The van der Waals surface area contributed by atoms with Crippen molar-refractivity contribution in [1.82, 2.24) is 5.43 Å². The molecule has 3 nitrogen and oxygen atoms in total. The molecule has 0 aromatic carbocycles. The minimum Gasteiger partial charge on any atom is -0.385 e. The first-order valence-electron chi connectivity index (χ1n) is 4.94. The van der Waals surface area contributed by atoms with E-state index in [-0.39, 0.29) is 0 Å². The highest BCUT2D eigenvalue weighted by Crippen LogP contribution is 2.21. The van der Waals surface area contributed by atoms with E-state index in [9.17, 15) is 0 Å². The van der Waals surface area contributed by atoms with Crippen LogP contribution in [-0.4, -0.2) is 19.8 Å². The number of thiophene rings is 1. The highest BCUT2D eigenvalue weighted by molar-refractivity contribution is 9.10. The second-order valence-electron chi connectivity index (χ2n) is 3.43. The number of halogens is 1. The van der Waals surface area contributed by atoms with Gasteiger partial charge in [0.15, 0.2) is 0 Å². The Hall–Kier alpha value is 0.0600. The normalized spacial score (nSPS) is 13.0. The van der Waals surface area contributed by atoms with Gasteiger partial charge >= 0.3 is 0 Å². The van der Waals surface area contributed by atoms with E-state index in [0.717, 1.165) is 30.3 Å². The van der Waals surface area contributed by atoms with Crippen LogP contribution in [0.1, 0.15) is 17.7 Å². The zero-order valence-electron chi connectivity index (χ0n) is 8.83. The third-order valence-corrected chi connectivity index (χ3v) is 3.93. The summed E-state index contributed by atoms with van der Waals surface area (Å²) in [7, 11) is 1.72. The van der Waals surface area contributed by atoms with Crippen LogP contribution in [0.5, 0.6) is 0 Å². The third kappa shape index (κ3) is 5.08. The van der Waals surface area contributed by atoms with Crippen molar-refractivity contribution in [3.05, 3.63) is 20.8 Å². The topological polar surface area (TPSA) is 47.3 Å². The zero-order valence-corrected chi connectivity index (χ0v) is 11.2. The molecule has 1 aromatic heterocycles. The van der Waals surface area contributed by atoms with Crippen molar-refractivity contribution < 1.29 is 4.74 Å². The highest BCUT2D eigenvalue weighted by Gasteiger charge is 2.08. The van der Waals surface area contributed by atoms with Crippen molar-refractivity contribution in [3.63, 3.8) is 0 Å². The minimum atomic E-state index is 0.339. The minimum absolute atomic E-state index is 0.339. The lowest BCUT2D eigenvalue weighted by molar-refractivity contribution is 0.188. The molecule has 15 heavy (non-hydrogen) atoms. The SMILES string of the molecule is COCCCC(Cc1cc(Br)cs1)NN. The van der Waals surface area contributed by atoms with E-state index in [0.29, 0.717) is 6.04 Å². The van der Waals surface area contributed by atoms with E-state index in [1.807, 2.05) is 0 Å². The average molecular weight is 293 g/mol. The van der Waals surface area contributed by atoms with Crippen LogP contribution in [0.4, 0.5) is 0 Å². The van der Waals surface area contributed by atoms with Crippen LogP contribution in [0.25, 0.3) is 0 Å². The molecule has 0 radical (unpaired) electrons. The van der Waals surface area contributed by atoms with Gasteiger partial charge in [-0.05, 0) is 41.3 Å². The van der Waals surface area contributed by atoms with Gasteiger partial charge in [-0.25, -0.2) is 0 Å². The number of methoxy groups -OCH3 is 1. The first kappa shape index (κ1) is 13.1. The van der Waals surface area contributed by atoms with Crippen LogP contribution in [0, 0.1) is 0 Å². The number of hydrazine groups is 1. The van der Waals surface area contributed by atoms with Crippen molar-refractivity contribution in [1.29, 1.82) is 0 Å². The fourth-order valence-corrected chi connectivity index (χ4v) is 2.95. The molecule has 0 saturated carbocycles. The molecule has 1 rings (SSSR count). The molecule has 0 aliphatic heterocycles. The zero-order chi connectivity index (χ0) is 11.1. The molecule has 1 heterocycles. The Labute approximate surface area is 103 Å². The Kier molecular flexibility index (Phi) is 6.43. The maximum atomic E-state index is 5.51. The molecule has 0 aliphatic carbocycles. The Bertz CT molecular complexity index is 280. The molecular weight excluding hydrogens is 276 g/mol. The Morgan fingerprint density at radius 2 is 2.47 bits per heavy atom. The predicted octanol–water partition coefficient (Wildman–Crippen LogP) is 2.31. The summed E-state index contributed by atoms with van der Waals surface area (Å²) in [6, 6.07) is 2.48. The van der Waals surface area contributed by atoms with Gasteiger partial charge in [0.1, 0.15) is 0 Å². The quantitative estimate of drug-likeness (QED) is 0.461. The average Bonchev–Trinajstić information content (AvgIpc) is 2.63. The molecule has 0 amide bonds. The van der Waals surface area contributed by atoms with E-state index in [1.165, 1.54) is 4.88 Å². The van der Waals surface area contributed by atoms with Crippen molar-refractivity contribution >= 4 is 27.3 Å². The Morgan fingerprint density at radius 1 is 1.67 bits per heavy atom. The molecule has 1 atom stereocenters. The Morgan fingerprint density at radius 3 is 3.00 bits per heavy atom. The van der Waals surface area contributed by atoms with Gasteiger partial charge in [0.05, 0.1) is 0 Å². The molecule has 0 fully saturated rings. The summed E-state index contributed by atoms with van der Waals surface area (Å²) in [5.74, 6) is 5.51. The van der Waals surface area contributed by atoms with Crippen LogP contribution in [0.3, 0.4) is 0 Å². The summed E-state index contributed by atoms with van der Waals surface area (Å²) in [6.07, 6.45) is 3.06. The number of hydrogen-bond acceptors (Lipinski definition) is 4. The van der Waals surface area contributed by atoms with Gasteiger partial charge < -0.3 is 4.74 Å². The van der Waals surface area contributed by atoms with Crippen LogP contribution in [-0.2, 0) is 11.2 Å². The second kappa shape index (κ2) is 7.35. The summed E-state index contributed by atoms with van der Waals surface area (Å²) >= 11 is 5.21. The summed E-state index contributed by atoms with van der Waals surface area (Å²) in [4.78, 5) is 1.35. The van der Waals surface area contributed by atoms with Gasteiger partial charge in [0.25, 0.3) is 0 Å². The van der Waals surface area contributed by atoms with Gasteiger partial charge in [-0.15, -0.1) is 11.3 Å². The predicted molar refractivity (Wildman–Crippen MR) is 67.9 cm³/mol. The van der Waals surface area contributed by atoms with E-state index < -0.39 is 0 Å². The van der Waals surface area contributed by atoms with E-state index in [1.54, 1.807) is 18.4 Å². The number of nitrogens with two attached hydrogens (primary N) is 1. The first-order valence-corrected chi connectivity index (χ1v) is 6.61. The molecule has 0 saturated heterocycles. The van der Waals surface area contributed by atoms with E-state index in [2.05, 4.69) is 32.8 Å². The molecule has 3 N–H and O–H groups in total. The lowest BCUT2D eigenvalue weighted by Gasteiger charge is -2.14. The first-order chi connectivity index (χ1) is 7.26. The monoisotopic (exact) mass is 292 g/mol. The van der Waals surface area contributed by atoms with Gasteiger partial charge in [-0.2, -0.15) is 0 Å². The number of nitrogens with one attached hydrogen (secondary N) is 1. The van der Waals surface area contributed by atoms with Crippen molar-refractivity contribution in [2.75, 3.05) is 13.7 Å². The molecule has 86 valence electrons. The summed E-state index contributed by atoms with van der Waals surface area (Å²) < 4.78 is 6.17. The highest BCUT2D eigenvalue weighted by atomic mass is 79.9. The standard InChI is InChI=1S/C10H17BrN2OS/c1-14-4-2-3-9(13-12)6-10-5-8(11)7-15-10/h5,7,9,13H,2-4,6,12H2,1H3. The van der Waals surface area contributed by atoms with Gasteiger partial charge in [0, 0.05) is 34.5 Å². The van der Waals surface area contributed by atoms with Crippen molar-refractivity contribution in [3.8, 4) is 0 Å². The molecule has 1 unspecified atom stereocenters. The lowest BCUT2D eigenvalue weighted by Crippen LogP contribution is -2.36. The van der Waals surface area contributed by atoms with Crippen molar-refractivity contribution in [2.24, 2.45) is 5.84 Å². The summed E-state index contributed by atoms with van der Waals surface area (Å²) in [5.41, 5.74) is 2.85. The van der Waals surface area contributed by atoms with Gasteiger partial charge in [0.2, 0.25) is 0 Å². The number of rotatable bonds is 7. The van der Waals surface area contributed by atoms with Crippen LogP contribution in [0.2, 0.25) is 0 Å². The fourth-order valence-electron chi connectivity index (χ4n) is 1.42. The molecular formula is C10H17BrN2OS. The maximum absolute atomic E-state index is 5.51. The van der Waals surface area contributed by atoms with E-state index >= 15 is 0 Å². The maximum Gasteiger partial charge on any atom is 0.0462 e. The summed E-state index contributed by atoms with van der Waals surface area (Å²) in [6.45, 7) is 0.798. The lowest BCUT2D eigenvalue weighted by atomic mass is 10.1. The van der Waals surface area contributed by atoms with Crippen molar-refractivity contribution in [2.45, 2.75) is 25.3 Å². The third-order valence-electron chi connectivity index (χ3n) is 2.21. The second-order valence-corrected chi connectivity index (χ2v) is 5.35. The molecule has 0 bridgehead atoms. The molecule has 0 spiro atoms. The smallest absolute Gasteiger partial charge is 0.0462 e. The Balaban J connectivity index is 2.33. The van der Waals surface area contributed by atoms with Crippen LogP contribution in [0.15, 0.2) is 15.9 Å². The van der Waals surface area contributed by atoms with Gasteiger partial charge in [-0.3, -0.25) is 11.3 Å². The summed E-state index contributed by atoms with van der Waals surface area (Å²) in [5, 5.41) is 2.10. The molecule has 1 aromatic rings. The number of ether oxygens (including phenoxy) is 1. The number of hydrogen-bond donors (Lipinski definition) is 2.